The molecular weight excluding hydrogens is 458 g/mol. The Morgan fingerprint density at radius 2 is 1.68 bits per heavy atom. The molecule has 2 saturated carbocycles. The molecule has 34 heavy (non-hydrogen) atoms. The van der Waals surface area contributed by atoms with E-state index in [0.29, 0.717) is 48.0 Å². The number of likely N-dealkylation sites (tertiary alicyclic amines) is 1. The average Bonchev–Trinajstić information content (AvgIpc) is 3.65. The molecule has 4 aliphatic rings. The van der Waals surface area contributed by atoms with E-state index in [1.54, 1.807) is 0 Å². The summed E-state index contributed by atoms with van der Waals surface area (Å²) in [4.78, 5) is 2.28. The lowest BCUT2D eigenvalue weighted by atomic mass is 9.87. The molecule has 0 radical (unpaired) electrons. The summed E-state index contributed by atoms with van der Waals surface area (Å²) in [6, 6.07) is 10.3. The maximum absolute atomic E-state index is 13.6. The second-order valence-corrected chi connectivity index (χ2v) is 12.8. The molecule has 3 atom stereocenters. The maximum Gasteiger partial charge on any atom is 0.235 e. The highest BCUT2D eigenvalue weighted by atomic mass is 32.2. The summed E-state index contributed by atoms with van der Waals surface area (Å²) in [6.45, 7) is 4.39. The van der Waals surface area contributed by atoms with Crippen LogP contribution in [0.4, 0.5) is 14.5 Å². The Labute approximate surface area is 199 Å². The standard InChI is InChI=1S/C26H30F2N2O3S/c1-2-26(18-4-3-5-19(10-18)29-34(32,33)20-6-7-20)21-13-30(14-22(21)26)15-25(31)11-16-8-23(27)24(28)9-17(16)12-25/h3-5,8-10,20-22,29,31H,2,6-7,11-15H2,1H3/t21-,22+,26+. The number of nitrogens with zero attached hydrogens (tertiary/aromatic N) is 1. The molecule has 0 amide bonds. The number of aliphatic hydroxyl groups is 1. The van der Waals surface area contributed by atoms with Gasteiger partial charge in [-0.05, 0) is 72.1 Å². The van der Waals surface area contributed by atoms with Gasteiger partial charge in [0.2, 0.25) is 10.0 Å². The fourth-order valence-electron chi connectivity index (χ4n) is 6.86. The molecular formula is C26H30F2N2O3S. The molecule has 0 unspecified atom stereocenters. The number of rotatable bonds is 7. The van der Waals surface area contributed by atoms with E-state index in [-0.39, 0.29) is 10.7 Å². The predicted octanol–water partition coefficient (Wildman–Crippen LogP) is 3.61. The topological polar surface area (TPSA) is 69.6 Å². The lowest BCUT2D eigenvalue weighted by molar-refractivity contribution is 0.0139. The third kappa shape index (κ3) is 3.57. The number of hydrogen-bond acceptors (Lipinski definition) is 4. The molecule has 2 aromatic carbocycles. The van der Waals surface area contributed by atoms with Gasteiger partial charge in [0.1, 0.15) is 0 Å². The number of sulfonamides is 1. The molecule has 2 aromatic rings. The van der Waals surface area contributed by atoms with Crippen LogP contribution in [0.25, 0.3) is 0 Å². The number of nitrogens with one attached hydrogen (secondary N) is 1. The highest BCUT2D eigenvalue weighted by Crippen LogP contribution is 2.65. The normalized spacial score (nSPS) is 29.6. The summed E-state index contributed by atoms with van der Waals surface area (Å²) in [6.07, 6.45) is 3.12. The number of halogens is 2. The first-order valence-electron chi connectivity index (χ1n) is 12.2. The second-order valence-electron chi connectivity index (χ2n) is 10.8. The van der Waals surface area contributed by atoms with Crippen molar-refractivity contribution in [3.05, 3.63) is 64.7 Å². The van der Waals surface area contributed by atoms with Gasteiger partial charge >= 0.3 is 0 Å². The van der Waals surface area contributed by atoms with Gasteiger partial charge in [-0.3, -0.25) is 9.62 Å². The molecule has 1 heterocycles. The summed E-state index contributed by atoms with van der Waals surface area (Å²) in [5.41, 5.74) is 2.23. The minimum absolute atomic E-state index is 0.0328. The van der Waals surface area contributed by atoms with Crippen LogP contribution in [0.3, 0.4) is 0 Å². The third-order valence-corrected chi connectivity index (χ3v) is 10.5. The van der Waals surface area contributed by atoms with Gasteiger partial charge in [0, 0.05) is 43.6 Å². The number of piperidine rings is 1. The molecule has 5 nitrogen and oxygen atoms in total. The zero-order valence-electron chi connectivity index (χ0n) is 19.2. The molecule has 0 aromatic heterocycles. The Morgan fingerprint density at radius 3 is 2.24 bits per heavy atom. The average molecular weight is 489 g/mol. The minimum Gasteiger partial charge on any atom is -0.388 e. The van der Waals surface area contributed by atoms with Crippen molar-refractivity contribution in [1.82, 2.24) is 4.90 Å². The largest absolute Gasteiger partial charge is 0.388 e. The number of benzene rings is 2. The fourth-order valence-corrected chi connectivity index (χ4v) is 8.24. The first kappa shape index (κ1) is 22.4. The Morgan fingerprint density at radius 1 is 1.06 bits per heavy atom. The van der Waals surface area contributed by atoms with E-state index in [2.05, 4.69) is 22.6 Å². The van der Waals surface area contributed by atoms with Crippen LogP contribution < -0.4 is 4.72 Å². The van der Waals surface area contributed by atoms with Gasteiger partial charge < -0.3 is 5.11 Å². The fraction of sp³-hybridized carbons (Fsp3) is 0.538. The predicted molar refractivity (Wildman–Crippen MR) is 126 cm³/mol. The summed E-state index contributed by atoms with van der Waals surface area (Å²) in [7, 11) is -3.30. The zero-order valence-corrected chi connectivity index (χ0v) is 20.0. The number of anilines is 1. The molecule has 0 spiro atoms. The smallest absolute Gasteiger partial charge is 0.235 e. The zero-order chi connectivity index (χ0) is 23.9. The van der Waals surface area contributed by atoms with Crippen molar-refractivity contribution in [1.29, 1.82) is 0 Å². The Balaban J connectivity index is 1.14. The molecule has 1 saturated heterocycles. The molecule has 6 rings (SSSR count). The van der Waals surface area contributed by atoms with Gasteiger partial charge in [-0.1, -0.05) is 19.1 Å². The quantitative estimate of drug-likeness (QED) is 0.625. The van der Waals surface area contributed by atoms with Gasteiger partial charge in [-0.2, -0.15) is 0 Å². The van der Waals surface area contributed by atoms with Crippen molar-refractivity contribution < 1.29 is 22.3 Å². The van der Waals surface area contributed by atoms with Crippen molar-refractivity contribution >= 4 is 15.7 Å². The number of β-amino-alcohol motifs (C(OH)–C–C–N with tert-alkyl or cyclic N) is 1. The Kier molecular flexibility index (Phi) is 4.94. The van der Waals surface area contributed by atoms with E-state index in [4.69, 9.17) is 0 Å². The summed E-state index contributed by atoms with van der Waals surface area (Å²) < 4.78 is 54.8. The van der Waals surface area contributed by atoms with Crippen LogP contribution in [0.15, 0.2) is 36.4 Å². The highest BCUT2D eigenvalue weighted by Gasteiger charge is 2.67. The molecule has 3 fully saturated rings. The van der Waals surface area contributed by atoms with Gasteiger partial charge in [-0.15, -0.1) is 0 Å². The van der Waals surface area contributed by atoms with Crippen LogP contribution in [0.2, 0.25) is 0 Å². The van der Waals surface area contributed by atoms with Crippen LogP contribution in [0, 0.1) is 23.5 Å². The summed E-state index contributed by atoms with van der Waals surface area (Å²) in [5.74, 6) is -0.815. The van der Waals surface area contributed by atoms with E-state index in [0.717, 1.165) is 32.4 Å². The van der Waals surface area contributed by atoms with Crippen molar-refractivity contribution in [3.63, 3.8) is 0 Å². The molecule has 3 aliphatic carbocycles. The third-order valence-electron chi connectivity index (χ3n) is 8.62. The van der Waals surface area contributed by atoms with Gasteiger partial charge in [-0.25, -0.2) is 17.2 Å². The van der Waals surface area contributed by atoms with E-state index in [1.165, 1.54) is 17.7 Å². The SMILES string of the molecule is CC[C@]1(c2cccc(NS(=O)(=O)C3CC3)c2)[C@@H]2CN(CC3(O)Cc4cc(F)c(F)cc4C3)C[C@@H]21. The van der Waals surface area contributed by atoms with Crippen molar-refractivity contribution in [2.45, 2.75) is 55.3 Å². The Hall–Kier alpha value is -2.03. The molecule has 0 bridgehead atoms. The van der Waals surface area contributed by atoms with E-state index < -0.39 is 27.3 Å². The monoisotopic (exact) mass is 488 g/mol. The summed E-state index contributed by atoms with van der Waals surface area (Å²) >= 11 is 0. The van der Waals surface area contributed by atoms with Crippen LogP contribution in [-0.2, 0) is 28.3 Å². The number of hydrogen-bond donors (Lipinski definition) is 2. The highest BCUT2D eigenvalue weighted by molar-refractivity contribution is 7.93. The van der Waals surface area contributed by atoms with Crippen LogP contribution in [-0.4, -0.2) is 48.9 Å². The van der Waals surface area contributed by atoms with E-state index >= 15 is 0 Å². The lowest BCUT2D eigenvalue weighted by Gasteiger charge is -2.32. The van der Waals surface area contributed by atoms with Crippen molar-refractivity contribution in [3.8, 4) is 0 Å². The van der Waals surface area contributed by atoms with E-state index in [9.17, 15) is 22.3 Å². The summed E-state index contributed by atoms with van der Waals surface area (Å²) in [5, 5.41) is 10.9. The lowest BCUT2D eigenvalue weighted by Crippen LogP contribution is -2.45. The van der Waals surface area contributed by atoms with Crippen molar-refractivity contribution in [2.24, 2.45) is 11.8 Å². The second kappa shape index (κ2) is 7.48. The van der Waals surface area contributed by atoms with E-state index in [1.807, 2.05) is 18.2 Å². The molecule has 182 valence electrons. The Bertz CT molecular complexity index is 1220. The first-order valence-corrected chi connectivity index (χ1v) is 13.7. The molecule has 2 N–H and O–H groups in total. The van der Waals surface area contributed by atoms with Gasteiger partial charge in [0.25, 0.3) is 0 Å². The minimum atomic E-state index is -3.30. The molecule has 8 heteroatoms. The maximum atomic E-state index is 13.6. The number of fused-ring (bicyclic) bond motifs is 2. The van der Waals surface area contributed by atoms with Gasteiger partial charge in [0.15, 0.2) is 11.6 Å². The van der Waals surface area contributed by atoms with Crippen molar-refractivity contribution in [2.75, 3.05) is 24.4 Å². The van der Waals surface area contributed by atoms with Gasteiger partial charge in [0.05, 0.1) is 10.9 Å². The van der Waals surface area contributed by atoms with Crippen LogP contribution >= 0.6 is 0 Å². The van der Waals surface area contributed by atoms with Crippen LogP contribution in [0.5, 0.6) is 0 Å². The first-order chi connectivity index (χ1) is 16.1. The molecule has 1 aliphatic heterocycles. The van der Waals surface area contributed by atoms with Crippen LogP contribution in [0.1, 0.15) is 42.9 Å².